The van der Waals surface area contributed by atoms with Gasteiger partial charge in [-0.05, 0) is 42.5 Å². The number of nitrogens with one attached hydrogen (secondary N) is 2. The average molecular weight is 489 g/mol. The molecular formula is C16H11BrF2N4O3S2. The predicted molar refractivity (Wildman–Crippen MR) is 104 cm³/mol. The maximum atomic E-state index is 12.5. The van der Waals surface area contributed by atoms with E-state index in [-0.39, 0.29) is 15.6 Å². The third-order valence-corrected chi connectivity index (χ3v) is 6.10. The molecule has 1 aromatic heterocycles. The van der Waals surface area contributed by atoms with Gasteiger partial charge in [0.2, 0.25) is 5.13 Å². The number of anilines is 2. The number of halogens is 3. The summed E-state index contributed by atoms with van der Waals surface area (Å²) in [6.07, 6.45) is -2.79. The van der Waals surface area contributed by atoms with Crippen molar-refractivity contribution in [2.45, 2.75) is 11.3 Å². The van der Waals surface area contributed by atoms with Crippen molar-refractivity contribution < 1.29 is 22.0 Å². The lowest BCUT2D eigenvalue weighted by Crippen LogP contribution is -2.16. The van der Waals surface area contributed by atoms with Gasteiger partial charge >= 0.3 is 0 Å². The second kappa shape index (κ2) is 8.29. The van der Waals surface area contributed by atoms with Crippen LogP contribution >= 0.6 is 27.3 Å². The van der Waals surface area contributed by atoms with E-state index in [0.29, 0.717) is 17.0 Å². The molecule has 0 aliphatic rings. The van der Waals surface area contributed by atoms with Crippen molar-refractivity contribution in [3.8, 4) is 0 Å². The molecular weight excluding hydrogens is 478 g/mol. The molecule has 28 heavy (non-hydrogen) atoms. The lowest BCUT2D eigenvalue weighted by Gasteiger charge is -2.09. The van der Waals surface area contributed by atoms with Crippen LogP contribution in [-0.4, -0.2) is 24.5 Å². The second-order valence-electron chi connectivity index (χ2n) is 5.34. The third kappa shape index (κ3) is 4.88. The van der Waals surface area contributed by atoms with Crippen LogP contribution in [0.25, 0.3) is 0 Å². The Bertz CT molecular complexity index is 1110. The zero-order chi connectivity index (χ0) is 20.3. The van der Waals surface area contributed by atoms with Crippen LogP contribution in [0.2, 0.25) is 0 Å². The van der Waals surface area contributed by atoms with Crippen LogP contribution in [-0.2, 0) is 10.0 Å². The number of hydrogen-bond donors (Lipinski definition) is 2. The van der Waals surface area contributed by atoms with Crippen LogP contribution in [0.3, 0.4) is 0 Å². The molecule has 0 saturated heterocycles. The quantitative estimate of drug-likeness (QED) is 0.538. The molecule has 146 valence electrons. The Kier molecular flexibility index (Phi) is 6.01. The first-order valence-electron chi connectivity index (χ1n) is 7.56. The molecule has 12 heteroatoms. The minimum absolute atomic E-state index is 0.0208. The van der Waals surface area contributed by atoms with Gasteiger partial charge in [-0.3, -0.25) is 14.8 Å². The summed E-state index contributed by atoms with van der Waals surface area (Å²) in [5.41, 5.74) is 0.374. The number of rotatable bonds is 6. The fraction of sp³-hybridized carbons (Fsp3) is 0.0625. The van der Waals surface area contributed by atoms with E-state index in [9.17, 15) is 22.0 Å². The predicted octanol–water partition coefficient (Wildman–Crippen LogP) is 4.29. The zero-order valence-corrected chi connectivity index (χ0v) is 17.0. The number of aromatic nitrogens is 2. The molecule has 0 atom stereocenters. The first-order valence-corrected chi connectivity index (χ1v) is 10.7. The van der Waals surface area contributed by atoms with Gasteiger partial charge in [-0.15, -0.1) is 10.2 Å². The maximum absolute atomic E-state index is 12.5. The summed E-state index contributed by atoms with van der Waals surface area (Å²) in [6, 6.07) is 11.8. The highest BCUT2D eigenvalue weighted by Gasteiger charge is 2.19. The van der Waals surface area contributed by atoms with Gasteiger partial charge in [0.1, 0.15) is 0 Å². The average Bonchev–Trinajstić information content (AvgIpc) is 3.12. The van der Waals surface area contributed by atoms with Gasteiger partial charge in [-0.2, -0.15) is 0 Å². The number of alkyl halides is 2. The summed E-state index contributed by atoms with van der Waals surface area (Å²) >= 11 is 3.80. The minimum Gasteiger partial charge on any atom is -0.296 e. The Hall–Kier alpha value is -2.44. The number of amides is 1. The van der Waals surface area contributed by atoms with Crippen molar-refractivity contribution in [2.75, 3.05) is 10.0 Å². The molecule has 1 amide bonds. The summed E-state index contributed by atoms with van der Waals surface area (Å²) in [7, 11) is -3.93. The summed E-state index contributed by atoms with van der Waals surface area (Å²) in [4.78, 5) is 12.2. The second-order valence-corrected chi connectivity index (χ2v) is 8.95. The van der Waals surface area contributed by atoms with Crippen LogP contribution in [0.15, 0.2) is 57.9 Å². The molecule has 2 N–H and O–H groups in total. The number of benzene rings is 2. The Balaban J connectivity index is 1.78. The lowest BCUT2D eigenvalue weighted by atomic mass is 10.2. The summed E-state index contributed by atoms with van der Waals surface area (Å²) < 4.78 is 53.4. The molecule has 0 aliphatic carbocycles. The van der Waals surface area contributed by atoms with Gasteiger partial charge in [0.05, 0.1) is 4.90 Å². The molecule has 0 bridgehead atoms. The third-order valence-electron chi connectivity index (χ3n) is 3.35. The van der Waals surface area contributed by atoms with E-state index in [4.69, 9.17) is 0 Å². The highest BCUT2D eigenvalue weighted by molar-refractivity contribution is 9.10. The molecule has 0 aliphatic heterocycles. The largest absolute Gasteiger partial charge is 0.296 e. The van der Waals surface area contributed by atoms with E-state index in [1.807, 2.05) is 0 Å². The number of carbonyl (C=O) groups is 1. The zero-order valence-electron chi connectivity index (χ0n) is 13.8. The van der Waals surface area contributed by atoms with Gasteiger partial charge in [0, 0.05) is 15.7 Å². The summed E-state index contributed by atoms with van der Waals surface area (Å²) in [5, 5.41) is 8.41. The molecule has 0 radical (unpaired) electrons. The van der Waals surface area contributed by atoms with Gasteiger partial charge < -0.3 is 0 Å². The van der Waals surface area contributed by atoms with Crippen molar-refractivity contribution in [3.05, 3.63) is 63.6 Å². The van der Waals surface area contributed by atoms with Gasteiger partial charge in [-0.25, -0.2) is 17.2 Å². The van der Waals surface area contributed by atoms with Gasteiger partial charge in [-0.1, -0.05) is 33.3 Å². The van der Waals surface area contributed by atoms with Crippen molar-refractivity contribution in [2.24, 2.45) is 0 Å². The van der Waals surface area contributed by atoms with Crippen LogP contribution in [0.4, 0.5) is 19.6 Å². The van der Waals surface area contributed by atoms with Gasteiger partial charge in [0.25, 0.3) is 22.4 Å². The standard InChI is InChI=1S/C16H11BrF2N4O3S2/c17-10-4-6-11(7-5-10)23-28(25,26)12-3-1-2-9(8-12)14(24)20-16-22-21-15(27-16)13(18)19/h1-8,13,23H,(H,20,22,24). The molecule has 2 aromatic carbocycles. The molecule has 0 fully saturated rings. The SMILES string of the molecule is O=C(Nc1nnc(C(F)F)s1)c1cccc(S(=O)(=O)Nc2ccc(Br)cc2)c1. The summed E-state index contributed by atoms with van der Waals surface area (Å²) in [6.45, 7) is 0. The van der Waals surface area contributed by atoms with Gasteiger partial charge in [0.15, 0.2) is 5.01 Å². The molecule has 1 heterocycles. The maximum Gasteiger partial charge on any atom is 0.291 e. The number of sulfonamides is 1. The van der Waals surface area contributed by atoms with Crippen LogP contribution in [0.5, 0.6) is 0 Å². The minimum atomic E-state index is -3.93. The van der Waals surface area contributed by atoms with E-state index in [2.05, 4.69) is 36.2 Å². The van der Waals surface area contributed by atoms with E-state index in [1.165, 1.54) is 24.3 Å². The van der Waals surface area contributed by atoms with E-state index in [0.717, 1.165) is 4.47 Å². The fourth-order valence-corrected chi connectivity index (χ4v) is 4.04. The highest BCUT2D eigenvalue weighted by Crippen LogP contribution is 2.26. The van der Waals surface area contributed by atoms with Crippen LogP contribution in [0, 0.1) is 0 Å². The van der Waals surface area contributed by atoms with Crippen LogP contribution in [0.1, 0.15) is 21.8 Å². The number of carbonyl (C=O) groups excluding carboxylic acids is 1. The smallest absolute Gasteiger partial charge is 0.291 e. The Morgan fingerprint density at radius 1 is 1.11 bits per heavy atom. The van der Waals surface area contributed by atoms with E-state index in [1.54, 1.807) is 24.3 Å². The topological polar surface area (TPSA) is 101 Å². The Morgan fingerprint density at radius 2 is 1.82 bits per heavy atom. The monoisotopic (exact) mass is 488 g/mol. The highest BCUT2D eigenvalue weighted by atomic mass is 79.9. The Labute approximate surface area is 171 Å². The van der Waals surface area contributed by atoms with Crippen molar-refractivity contribution in [1.82, 2.24) is 10.2 Å². The van der Waals surface area contributed by atoms with E-state index < -0.39 is 27.4 Å². The Morgan fingerprint density at radius 3 is 2.46 bits per heavy atom. The fourth-order valence-electron chi connectivity index (χ4n) is 2.08. The molecule has 3 aromatic rings. The summed E-state index contributed by atoms with van der Waals surface area (Å²) in [5.74, 6) is -0.697. The molecule has 3 rings (SSSR count). The first kappa shape index (κ1) is 20.3. The molecule has 0 saturated carbocycles. The number of nitrogens with zero attached hydrogens (tertiary/aromatic N) is 2. The number of hydrogen-bond acceptors (Lipinski definition) is 6. The molecule has 0 unspecified atom stereocenters. The normalized spacial score (nSPS) is 11.4. The van der Waals surface area contributed by atoms with Crippen molar-refractivity contribution >= 4 is 54.0 Å². The lowest BCUT2D eigenvalue weighted by molar-refractivity contribution is 0.102. The first-order chi connectivity index (χ1) is 13.2. The molecule has 7 nitrogen and oxygen atoms in total. The van der Waals surface area contributed by atoms with Crippen LogP contribution < -0.4 is 10.0 Å². The van der Waals surface area contributed by atoms with Crippen molar-refractivity contribution in [3.63, 3.8) is 0 Å². The van der Waals surface area contributed by atoms with E-state index >= 15 is 0 Å². The molecule has 0 spiro atoms. The van der Waals surface area contributed by atoms with Crippen molar-refractivity contribution in [1.29, 1.82) is 0 Å².